The fraction of sp³-hybridized carbons (Fsp3) is 0. The second-order valence-electron chi connectivity index (χ2n) is 4.53. The smallest absolute Gasteiger partial charge is 0.296 e. The number of carbonyl (C=O) groups is 2. The van der Waals surface area contributed by atoms with Gasteiger partial charge in [0.25, 0.3) is 11.7 Å². The minimum atomic E-state index is -0.568. The number of anilines is 1. The maximum atomic E-state index is 11.7. The van der Waals surface area contributed by atoms with Gasteiger partial charge in [0.15, 0.2) is 0 Å². The molecule has 3 aromatic rings. The highest BCUT2D eigenvalue weighted by atomic mass is 32.1. The predicted molar refractivity (Wildman–Crippen MR) is 78.0 cm³/mol. The average molecular weight is 280 g/mol. The monoisotopic (exact) mass is 280 g/mol. The summed E-state index contributed by atoms with van der Waals surface area (Å²) in [6.45, 7) is 0. The van der Waals surface area contributed by atoms with Crippen LogP contribution in [-0.4, -0.2) is 16.7 Å². The van der Waals surface area contributed by atoms with E-state index in [2.05, 4.69) is 10.3 Å². The number of thiazole rings is 1. The molecule has 0 fully saturated rings. The molecule has 20 heavy (non-hydrogen) atoms. The SMILES string of the molecule is O=C1Nc2ccc(-c3nc4ccccc4s3)cc2C1=O. The van der Waals surface area contributed by atoms with Crippen molar-refractivity contribution in [2.75, 3.05) is 5.32 Å². The van der Waals surface area contributed by atoms with Crippen molar-refractivity contribution < 1.29 is 9.59 Å². The molecule has 2 heterocycles. The molecule has 0 unspecified atom stereocenters. The fourth-order valence-electron chi connectivity index (χ4n) is 2.27. The molecule has 0 atom stereocenters. The highest BCUT2D eigenvalue weighted by molar-refractivity contribution is 7.21. The lowest BCUT2D eigenvalue weighted by atomic mass is 10.1. The third-order valence-corrected chi connectivity index (χ3v) is 4.34. The van der Waals surface area contributed by atoms with E-state index in [1.54, 1.807) is 23.5 Å². The van der Waals surface area contributed by atoms with E-state index in [-0.39, 0.29) is 0 Å². The molecule has 5 heteroatoms. The van der Waals surface area contributed by atoms with E-state index < -0.39 is 11.7 Å². The lowest BCUT2D eigenvalue weighted by Gasteiger charge is -1.99. The van der Waals surface area contributed by atoms with Crippen LogP contribution in [0.2, 0.25) is 0 Å². The van der Waals surface area contributed by atoms with Crippen molar-refractivity contribution >= 4 is 38.9 Å². The maximum Gasteiger partial charge on any atom is 0.296 e. The molecule has 1 N–H and O–H groups in total. The summed E-state index contributed by atoms with van der Waals surface area (Å²) in [5.41, 5.74) is 2.79. The zero-order valence-electron chi connectivity index (χ0n) is 10.2. The van der Waals surface area contributed by atoms with Gasteiger partial charge in [0, 0.05) is 5.56 Å². The Morgan fingerprint density at radius 3 is 2.75 bits per heavy atom. The largest absolute Gasteiger partial charge is 0.318 e. The molecule has 0 spiro atoms. The van der Waals surface area contributed by atoms with Crippen LogP contribution in [0.4, 0.5) is 5.69 Å². The summed E-state index contributed by atoms with van der Waals surface area (Å²) in [4.78, 5) is 27.6. The third kappa shape index (κ3) is 1.57. The summed E-state index contributed by atoms with van der Waals surface area (Å²) < 4.78 is 1.10. The Labute approximate surface area is 118 Å². The van der Waals surface area contributed by atoms with E-state index >= 15 is 0 Å². The highest BCUT2D eigenvalue weighted by Crippen LogP contribution is 2.33. The van der Waals surface area contributed by atoms with Gasteiger partial charge >= 0.3 is 0 Å². The zero-order chi connectivity index (χ0) is 13.7. The molecular weight excluding hydrogens is 272 g/mol. The standard InChI is InChI=1S/C15H8N2O2S/c18-13-9-7-8(5-6-10(9)16-14(13)19)15-17-11-3-1-2-4-12(11)20-15/h1-7H,(H,16,18,19). The number of Topliss-reactive ketones (excluding diaryl/α,β-unsaturated/α-hetero) is 1. The number of ketones is 1. The van der Waals surface area contributed by atoms with Crippen LogP contribution in [0.5, 0.6) is 0 Å². The predicted octanol–water partition coefficient (Wildman–Crippen LogP) is 3.10. The number of fused-ring (bicyclic) bond motifs is 2. The van der Waals surface area contributed by atoms with Gasteiger partial charge in [-0.15, -0.1) is 11.3 Å². The molecule has 1 amide bonds. The molecule has 4 rings (SSSR count). The van der Waals surface area contributed by atoms with Gasteiger partial charge in [-0.05, 0) is 30.3 Å². The third-order valence-electron chi connectivity index (χ3n) is 3.26. The summed E-state index contributed by atoms with van der Waals surface area (Å²) in [5, 5.41) is 3.40. The van der Waals surface area contributed by atoms with E-state index in [9.17, 15) is 9.59 Å². The molecule has 1 aromatic heterocycles. The van der Waals surface area contributed by atoms with Crippen molar-refractivity contribution in [1.29, 1.82) is 0 Å². The van der Waals surface area contributed by atoms with Crippen LogP contribution in [0.15, 0.2) is 42.5 Å². The maximum absolute atomic E-state index is 11.7. The summed E-state index contributed by atoms with van der Waals surface area (Å²) in [6.07, 6.45) is 0. The number of hydrogen-bond acceptors (Lipinski definition) is 4. The molecule has 0 radical (unpaired) electrons. The minimum Gasteiger partial charge on any atom is -0.318 e. The Balaban J connectivity index is 1.87. The van der Waals surface area contributed by atoms with Crippen LogP contribution in [0.3, 0.4) is 0 Å². The topological polar surface area (TPSA) is 59.1 Å². The number of aromatic nitrogens is 1. The second-order valence-corrected chi connectivity index (χ2v) is 5.56. The Bertz CT molecular complexity index is 849. The van der Waals surface area contributed by atoms with Crippen LogP contribution >= 0.6 is 11.3 Å². The molecule has 4 nitrogen and oxygen atoms in total. The quantitative estimate of drug-likeness (QED) is 0.697. The molecule has 96 valence electrons. The summed E-state index contributed by atoms with van der Waals surface area (Å²) in [7, 11) is 0. The number of benzene rings is 2. The van der Waals surface area contributed by atoms with E-state index in [4.69, 9.17) is 0 Å². The van der Waals surface area contributed by atoms with Crippen LogP contribution < -0.4 is 5.32 Å². The highest BCUT2D eigenvalue weighted by Gasteiger charge is 2.28. The van der Waals surface area contributed by atoms with E-state index in [0.29, 0.717) is 11.3 Å². The van der Waals surface area contributed by atoms with Gasteiger partial charge in [-0.1, -0.05) is 12.1 Å². The number of carbonyl (C=O) groups excluding carboxylic acids is 2. The molecule has 1 aliphatic rings. The Morgan fingerprint density at radius 2 is 1.90 bits per heavy atom. The van der Waals surface area contributed by atoms with Gasteiger partial charge in [-0.25, -0.2) is 4.98 Å². The van der Waals surface area contributed by atoms with Crippen LogP contribution in [0, 0.1) is 0 Å². The first-order valence-corrected chi connectivity index (χ1v) is 6.90. The minimum absolute atomic E-state index is 0.423. The summed E-state index contributed by atoms with van der Waals surface area (Å²) in [6, 6.07) is 13.2. The Morgan fingerprint density at radius 1 is 1.05 bits per heavy atom. The van der Waals surface area contributed by atoms with Crippen LogP contribution in [-0.2, 0) is 4.79 Å². The first kappa shape index (κ1) is 11.3. The second kappa shape index (κ2) is 3.98. The molecular formula is C15H8N2O2S. The van der Waals surface area contributed by atoms with E-state index in [1.807, 2.05) is 30.3 Å². The van der Waals surface area contributed by atoms with Crippen molar-refractivity contribution in [1.82, 2.24) is 4.98 Å². The van der Waals surface area contributed by atoms with Crippen LogP contribution in [0.25, 0.3) is 20.8 Å². The molecule has 1 aliphatic heterocycles. The zero-order valence-corrected chi connectivity index (χ0v) is 11.0. The Kier molecular flexibility index (Phi) is 2.25. The van der Waals surface area contributed by atoms with E-state index in [0.717, 1.165) is 20.8 Å². The summed E-state index contributed by atoms with van der Waals surface area (Å²) >= 11 is 1.57. The molecule has 0 bridgehead atoms. The van der Waals surface area contributed by atoms with Crippen molar-refractivity contribution in [2.45, 2.75) is 0 Å². The average Bonchev–Trinajstić information content (AvgIpc) is 3.01. The van der Waals surface area contributed by atoms with Gasteiger partial charge in [-0.2, -0.15) is 0 Å². The summed E-state index contributed by atoms with van der Waals surface area (Å²) in [5.74, 6) is -1.05. The number of hydrogen-bond donors (Lipinski definition) is 1. The molecule has 0 saturated heterocycles. The number of nitrogens with one attached hydrogen (secondary N) is 1. The van der Waals surface area contributed by atoms with Crippen molar-refractivity contribution in [3.8, 4) is 10.6 Å². The van der Waals surface area contributed by atoms with Crippen molar-refractivity contribution in [2.24, 2.45) is 0 Å². The van der Waals surface area contributed by atoms with Gasteiger partial charge in [0.05, 0.1) is 21.5 Å². The molecule has 0 saturated carbocycles. The lowest BCUT2D eigenvalue weighted by Crippen LogP contribution is -2.12. The van der Waals surface area contributed by atoms with Crippen molar-refractivity contribution in [3.63, 3.8) is 0 Å². The van der Waals surface area contributed by atoms with Crippen LogP contribution in [0.1, 0.15) is 10.4 Å². The lowest BCUT2D eigenvalue weighted by molar-refractivity contribution is -0.112. The number of rotatable bonds is 1. The first-order valence-electron chi connectivity index (χ1n) is 6.08. The Hall–Kier alpha value is -2.53. The molecule has 2 aromatic carbocycles. The normalized spacial score (nSPS) is 13.6. The first-order chi connectivity index (χ1) is 9.72. The van der Waals surface area contributed by atoms with Gasteiger partial charge in [0.1, 0.15) is 5.01 Å². The number of para-hydroxylation sites is 1. The number of nitrogens with zero attached hydrogens (tertiary/aromatic N) is 1. The van der Waals surface area contributed by atoms with Gasteiger partial charge in [-0.3, -0.25) is 9.59 Å². The molecule has 0 aliphatic carbocycles. The number of amides is 1. The fourth-order valence-corrected chi connectivity index (χ4v) is 3.23. The van der Waals surface area contributed by atoms with Gasteiger partial charge < -0.3 is 5.32 Å². The van der Waals surface area contributed by atoms with Gasteiger partial charge in [0.2, 0.25) is 0 Å². The van der Waals surface area contributed by atoms with Crippen molar-refractivity contribution in [3.05, 3.63) is 48.0 Å². The van der Waals surface area contributed by atoms with E-state index in [1.165, 1.54) is 0 Å².